The highest BCUT2D eigenvalue weighted by atomic mass is 16.5. The van der Waals surface area contributed by atoms with Gasteiger partial charge in [0.05, 0.1) is 25.1 Å². The van der Waals surface area contributed by atoms with Crippen molar-refractivity contribution >= 4 is 5.82 Å². The van der Waals surface area contributed by atoms with E-state index in [2.05, 4.69) is 15.4 Å². The molecule has 6 heteroatoms. The summed E-state index contributed by atoms with van der Waals surface area (Å²) >= 11 is 0. The van der Waals surface area contributed by atoms with E-state index in [0.717, 1.165) is 28.0 Å². The molecular formula is C15H14N4O2. The highest BCUT2D eigenvalue weighted by molar-refractivity contribution is 5.86. The van der Waals surface area contributed by atoms with E-state index in [9.17, 15) is 0 Å². The van der Waals surface area contributed by atoms with Crippen LogP contribution in [-0.2, 0) is 0 Å². The number of ether oxygens (including phenoxy) is 1. The van der Waals surface area contributed by atoms with Crippen LogP contribution >= 0.6 is 0 Å². The molecule has 0 bridgehead atoms. The van der Waals surface area contributed by atoms with Gasteiger partial charge in [-0.15, -0.1) is 0 Å². The van der Waals surface area contributed by atoms with E-state index in [1.807, 2.05) is 25.1 Å². The lowest BCUT2D eigenvalue weighted by Crippen LogP contribution is -1.92. The lowest BCUT2D eigenvalue weighted by molar-refractivity contribution is 0.412. The molecule has 6 nitrogen and oxygen atoms in total. The maximum Gasteiger partial charge on any atom is 0.178 e. The van der Waals surface area contributed by atoms with Crippen LogP contribution < -0.4 is 10.5 Å². The van der Waals surface area contributed by atoms with E-state index in [0.29, 0.717) is 11.6 Å². The van der Waals surface area contributed by atoms with Gasteiger partial charge in [-0.25, -0.2) is 0 Å². The molecule has 0 aliphatic carbocycles. The first-order chi connectivity index (χ1) is 10.2. The Labute approximate surface area is 121 Å². The maximum atomic E-state index is 5.96. The van der Waals surface area contributed by atoms with E-state index < -0.39 is 0 Å². The van der Waals surface area contributed by atoms with Gasteiger partial charge in [0.25, 0.3) is 0 Å². The summed E-state index contributed by atoms with van der Waals surface area (Å²) in [7, 11) is 1.64. The monoisotopic (exact) mass is 282 g/mol. The number of nitrogens with zero attached hydrogens (tertiary/aromatic N) is 3. The molecule has 0 radical (unpaired) electrons. The Kier molecular flexibility index (Phi) is 3.27. The van der Waals surface area contributed by atoms with Gasteiger partial charge in [0.15, 0.2) is 11.6 Å². The van der Waals surface area contributed by atoms with Crippen LogP contribution in [0.5, 0.6) is 5.75 Å². The molecule has 0 spiro atoms. The van der Waals surface area contributed by atoms with Crippen molar-refractivity contribution in [1.29, 1.82) is 0 Å². The van der Waals surface area contributed by atoms with E-state index in [-0.39, 0.29) is 0 Å². The second-order valence-corrected chi connectivity index (χ2v) is 4.59. The van der Waals surface area contributed by atoms with Crippen molar-refractivity contribution in [3.8, 4) is 28.2 Å². The number of rotatable bonds is 3. The van der Waals surface area contributed by atoms with Crippen molar-refractivity contribution in [2.24, 2.45) is 0 Å². The SMILES string of the molecule is COc1cc(-c2c(N)noc2-c2ccnnc2)ccc1C. The lowest BCUT2D eigenvalue weighted by Gasteiger charge is -2.08. The number of methoxy groups -OCH3 is 1. The number of nitrogens with two attached hydrogens (primary N) is 1. The molecule has 3 rings (SSSR count). The second kappa shape index (κ2) is 5.24. The molecule has 0 unspecified atom stereocenters. The Balaban J connectivity index is 2.17. The summed E-state index contributed by atoms with van der Waals surface area (Å²) in [6.07, 6.45) is 3.20. The molecular weight excluding hydrogens is 268 g/mol. The first-order valence-corrected chi connectivity index (χ1v) is 6.38. The van der Waals surface area contributed by atoms with Crippen molar-refractivity contribution in [2.75, 3.05) is 12.8 Å². The third-order valence-electron chi connectivity index (χ3n) is 3.26. The molecule has 21 heavy (non-hydrogen) atoms. The smallest absolute Gasteiger partial charge is 0.178 e. The third kappa shape index (κ3) is 2.31. The molecule has 0 atom stereocenters. The number of benzene rings is 1. The first-order valence-electron chi connectivity index (χ1n) is 6.38. The Hall–Kier alpha value is -2.89. The minimum atomic E-state index is 0.327. The highest BCUT2D eigenvalue weighted by Crippen LogP contribution is 2.37. The van der Waals surface area contributed by atoms with Gasteiger partial charge in [-0.05, 0) is 30.2 Å². The molecule has 0 amide bonds. The molecule has 0 saturated carbocycles. The quantitative estimate of drug-likeness (QED) is 0.794. The van der Waals surface area contributed by atoms with Crippen LogP contribution in [0.3, 0.4) is 0 Å². The van der Waals surface area contributed by atoms with Crippen molar-refractivity contribution in [1.82, 2.24) is 15.4 Å². The fourth-order valence-electron chi connectivity index (χ4n) is 2.18. The summed E-state index contributed by atoms with van der Waals surface area (Å²) in [5.41, 5.74) is 9.37. The largest absolute Gasteiger partial charge is 0.496 e. The fraction of sp³-hybridized carbons (Fsp3) is 0.133. The van der Waals surface area contributed by atoms with Gasteiger partial charge < -0.3 is 15.0 Å². The zero-order valence-electron chi connectivity index (χ0n) is 11.7. The van der Waals surface area contributed by atoms with E-state index >= 15 is 0 Å². The number of anilines is 1. The van der Waals surface area contributed by atoms with Gasteiger partial charge in [-0.3, -0.25) is 0 Å². The van der Waals surface area contributed by atoms with Crippen LogP contribution in [0.2, 0.25) is 0 Å². The van der Waals surface area contributed by atoms with E-state index in [1.54, 1.807) is 25.6 Å². The Morgan fingerprint density at radius 1 is 1.14 bits per heavy atom. The van der Waals surface area contributed by atoms with Crippen LogP contribution in [0.25, 0.3) is 22.5 Å². The molecule has 0 aliphatic heterocycles. The van der Waals surface area contributed by atoms with Crippen LogP contribution in [0.1, 0.15) is 5.56 Å². The van der Waals surface area contributed by atoms with Crippen LogP contribution in [0, 0.1) is 6.92 Å². The van der Waals surface area contributed by atoms with Gasteiger partial charge in [-0.2, -0.15) is 10.2 Å². The number of hydrogen-bond donors (Lipinski definition) is 1. The minimum absolute atomic E-state index is 0.327. The molecule has 2 N–H and O–H groups in total. The minimum Gasteiger partial charge on any atom is -0.496 e. The number of hydrogen-bond acceptors (Lipinski definition) is 6. The predicted octanol–water partition coefficient (Wildman–Crippen LogP) is 2.70. The zero-order chi connectivity index (χ0) is 14.8. The Bertz CT molecular complexity index is 769. The molecule has 0 aliphatic rings. The highest BCUT2D eigenvalue weighted by Gasteiger charge is 2.18. The van der Waals surface area contributed by atoms with Crippen LogP contribution in [0.4, 0.5) is 5.82 Å². The second-order valence-electron chi connectivity index (χ2n) is 4.59. The van der Waals surface area contributed by atoms with Gasteiger partial charge in [-0.1, -0.05) is 17.3 Å². The molecule has 3 aromatic rings. The molecule has 0 fully saturated rings. The standard InChI is InChI=1S/C15H14N4O2/c1-9-3-4-10(7-12(9)20-2)13-14(21-19-15(13)16)11-5-6-17-18-8-11/h3-8H,1-2H3,(H2,16,19). The average molecular weight is 282 g/mol. The first kappa shape index (κ1) is 13.1. The average Bonchev–Trinajstić information content (AvgIpc) is 2.90. The Morgan fingerprint density at radius 3 is 2.71 bits per heavy atom. The summed E-state index contributed by atoms with van der Waals surface area (Å²) in [6.45, 7) is 1.98. The molecule has 1 aromatic carbocycles. The van der Waals surface area contributed by atoms with Crippen molar-refractivity contribution in [3.05, 3.63) is 42.2 Å². The summed E-state index contributed by atoms with van der Waals surface area (Å²) in [4.78, 5) is 0. The number of nitrogen functional groups attached to an aromatic ring is 1. The van der Waals surface area contributed by atoms with Gasteiger partial charge in [0.2, 0.25) is 0 Å². The maximum absolute atomic E-state index is 5.96. The van der Waals surface area contributed by atoms with Crippen LogP contribution in [0.15, 0.2) is 41.2 Å². The molecule has 106 valence electrons. The van der Waals surface area contributed by atoms with Crippen molar-refractivity contribution in [3.63, 3.8) is 0 Å². The number of aryl methyl sites for hydroxylation is 1. The normalized spacial score (nSPS) is 10.6. The zero-order valence-corrected chi connectivity index (χ0v) is 11.7. The summed E-state index contributed by atoms with van der Waals surface area (Å²) in [5, 5.41) is 11.5. The lowest BCUT2D eigenvalue weighted by atomic mass is 10.0. The van der Waals surface area contributed by atoms with Crippen molar-refractivity contribution in [2.45, 2.75) is 6.92 Å². The Morgan fingerprint density at radius 2 is 2.00 bits per heavy atom. The van der Waals surface area contributed by atoms with Crippen molar-refractivity contribution < 1.29 is 9.26 Å². The summed E-state index contributed by atoms with van der Waals surface area (Å²) < 4.78 is 10.7. The molecule has 2 heterocycles. The van der Waals surface area contributed by atoms with Crippen LogP contribution in [-0.4, -0.2) is 22.5 Å². The van der Waals surface area contributed by atoms with Gasteiger partial charge >= 0.3 is 0 Å². The van der Waals surface area contributed by atoms with Gasteiger partial charge in [0.1, 0.15) is 5.75 Å². The topological polar surface area (TPSA) is 87.1 Å². The van der Waals surface area contributed by atoms with E-state index in [1.165, 1.54) is 0 Å². The summed E-state index contributed by atoms with van der Waals surface area (Å²) in [6, 6.07) is 7.63. The van der Waals surface area contributed by atoms with Gasteiger partial charge in [0, 0.05) is 5.56 Å². The molecule has 2 aromatic heterocycles. The predicted molar refractivity (Wildman–Crippen MR) is 78.7 cm³/mol. The third-order valence-corrected chi connectivity index (χ3v) is 3.26. The molecule has 0 saturated heterocycles. The number of aromatic nitrogens is 3. The van der Waals surface area contributed by atoms with E-state index in [4.69, 9.17) is 15.0 Å². The fourth-order valence-corrected chi connectivity index (χ4v) is 2.18. The summed E-state index contributed by atoms with van der Waals surface area (Å²) in [5.74, 6) is 1.67.